The van der Waals surface area contributed by atoms with E-state index in [1.165, 1.54) is 12.3 Å². The Bertz CT molecular complexity index is 665. The molecule has 124 valence electrons. The summed E-state index contributed by atoms with van der Waals surface area (Å²) in [5, 5.41) is 2.41. The first-order valence-corrected chi connectivity index (χ1v) is 7.30. The summed E-state index contributed by atoms with van der Waals surface area (Å²) in [6, 6.07) is 3.12. The number of benzene rings is 1. The first kappa shape index (κ1) is 17.1. The number of nitrogens with two attached hydrogens (primary N) is 1. The number of carbonyl (C=O) groups excluding carboxylic acids is 1. The van der Waals surface area contributed by atoms with Crippen LogP contribution in [0.3, 0.4) is 0 Å². The van der Waals surface area contributed by atoms with Crippen molar-refractivity contribution < 1.29 is 18.0 Å². The number of nitrogens with one attached hydrogen (secondary N) is 1. The van der Waals surface area contributed by atoms with Gasteiger partial charge in [-0.25, -0.2) is 13.8 Å². The summed E-state index contributed by atoms with van der Waals surface area (Å²) in [6.45, 7) is 3.75. The Morgan fingerprint density at radius 2 is 2.00 bits per heavy atom. The van der Waals surface area contributed by atoms with E-state index >= 15 is 0 Å². The SMILES string of the molecule is CC(C)CC(N)c1nc(C(=O)NCc2c(F)cccc2F)co1. The maximum atomic E-state index is 13.5. The van der Waals surface area contributed by atoms with Crippen LogP contribution in [0.5, 0.6) is 0 Å². The van der Waals surface area contributed by atoms with Crippen molar-refractivity contribution in [2.75, 3.05) is 0 Å². The van der Waals surface area contributed by atoms with Crippen molar-refractivity contribution >= 4 is 5.91 Å². The van der Waals surface area contributed by atoms with Crippen molar-refractivity contribution in [3.05, 3.63) is 53.2 Å². The van der Waals surface area contributed by atoms with Crippen molar-refractivity contribution in [2.24, 2.45) is 11.7 Å². The topological polar surface area (TPSA) is 81.1 Å². The van der Waals surface area contributed by atoms with Crippen LogP contribution < -0.4 is 11.1 Å². The van der Waals surface area contributed by atoms with Crippen LogP contribution in [0.4, 0.5) is 8.78 Å². The number of oxazole rings is 1. The number of hydrogen-bond acceptors (Lipinski definition) is 4. The van der Waals surface area contributed by atoms with Crippen LogP contribution in [-0.4, -0.2) is 10.9 Å². The molecule has 0 saturated heterocycles. The third-order valence-electron chi connectivity index (χ3n) is 3.28. The molecule has 2 rings (SSSR count). The Hall–Kier alpha value is -2.28. The molecule has 1 heterocycles. The Labute approximate surface area is 132 Å². The summed E-state index contributed by atoms with van der Waals surface area (Å²) in [5.74, 6) is -1.39. The Kier molecular flexibility index (Phi) is 5.44. The van der Waals surface area contributed by atoms with Crippen LogP contribution in [0, 0.1) is 17.6 Å². The molecule has 1 aromatic carbocycles. The van der Waals surface area contributed by atoms with E-state index in [1.54, 1.807) is 0 Å². The second kappa shape index (κ2) is 7.32. The molecule has 3 N–H and O–H groups in total. The highest BCUT2D eigenvalue weighted by Crippen LogP contribution is 2.18. The van der Waals surface area contributed by atoms with Crippen LogP contribution in [0.15, 0.2) is 28.9 Å². The highest BCUT2D eigenvalue weighted by Gasteiger charge is 2.18. The molecule has 5 nitrogen and oxygen atoms in total. The molecule has 1 amide bonds. The summed E-state index contributed by atoms with van der Waals surface area (Å²) in [4.78, 5) is 16.0. The van der Waals surface area contributed by atoms with E-state index in [0.717, 1.165) is 12.1 Å². The molecule has 1 unspecified atom stereocenters. The minimum Gasteiger partial charge on any atom is -0.446 e. The zero-order valence-electron chi connectivity index (χ0n) is 13.0. The van der Waals surface area contributed by atoms with Gasteiger partial charge in [-0.3, -0.25) is 4.79 Å². The van der Waals surface area contributed by atoms with Crippen molar-refractivity contribution in [3.8, 4) is 0 Å². The predicted octanol–water partition coefficient (Wildman–Crippen LogP) is 2.93. The Morgan fingerprint density at radius 3 is 2.61 bits per heavy atom. The van der Waals surface area contributed by atoms with E-state index in [2.05, 4.69) is 10.3 Å². The molecule has 0 bridgehead atoms. The Balaban J connectivity index is 2.00. The molecule has 0 aliphatic heterocycles. The summed E-state index contributed by atoms with van der Waals surface area (Å²) in [5.41, 5.74) is 5.74. The second-order valence-corrected chi connectivity index (χ2v) is 5.69. The third-order valence-corrected chi connectivity index (χ3v) is 3.28. The average Bonchev–Trinajstić information content (AvgIpc) is 2.95. The van der Waals surface area contributed by atoms with Crippen LogP contribution in [0.25, 0.3) is 0 Å². The zero-order valence-corrected chi connectivity index (χ0v) is 13.0. The van der Waals surface area contributed by atoms with Gasteiger partial charge in [0.05, 0.1) is 6.04 Å². The number of nitrogens with zero attached hydrogens (tertiary/aromatic N) is 1. The van der Waals surface area contributed by atoms with Gasteiger partial charge in [0, 0.05) is 12.1 Å². The van der Waals surface area contributed by atoms with Crippen molar-refractivity contribution in [3.63, 3.8) is 0 Å². The van der Waals surface area contributed by atoms with Gasteiger partial charge in [-0.05, 0) is 24.5 Å². The molecular weight excluding hydrogens is 304 g/mol. The molecule has 7 heteroatoms. The normalized spacial score (nSPS) is 12.4. The van der Waals surface area contributed by atoms with E-state index in [1.807, 2.05) is 13.8 Å². The van der Waals surface area contributed by atoms with Crippen LogP contribution in [0.1, 0.15) is 48.3 Å². The Morgan fingerprint density at radius 1 is 1.35 bits per heavy atom. The fraction of sp³-hybridized carbons (Fsp3) is 0.375. The summed E-state index contributed by atoms with van der Waals surface area (Å²) < 4.78 is 32.2. The van der Waals surface area contributed by atoms with Crippen LogP contribution in [-0.2, 0) is 6.54 Å². The number of amides is 1. The maximum Gasteiger partial charge on any atom is 0.273 e. The standard InChI is InChI=1S/C16H19F2N3O2/c1-9(2)6-13(19)16-21-14(8-23-16)15(22)20-7-10-11(17)4-3-5-12(10)18/h3-5,8-9,13H,6-7,19H2,1-2H3,(H,20,22). The smallest absolute Gasteiger partial charge is 0.273 e. The molecule has 0 aliphatic carbocycles. The van der Waals surface area contributed by atoms with Gasteiger partial charge in [-0.15, -0.1) is 0 Å². The van der Waals surface area contributed by atoms with Gasteiger partial charge in [-0.2, -0.15) is 0 Å². The molecule has 0 aliphatic rings. The molecule has 0 saturated carbocycles. The number of hydrogen-bond donors (Lipinski definition) is 2. The highest BCUT2D eigenvalue weighted by molar-refractivity contribution is 5.91. The van der Waals surface area contributed by atoms with Crippen molar-refractivity contribution in [1.29, 1.82) is 0 Å². The fourth-order valence-electron chi connectivity index (χ4n) is 2.13. The van der Waals surface area contributed by atoms with Crippen LogP contribution >= 0.6 is 0 Å². The summed E-state index contributed by atoms with van der Waals surface area (Å²) in [6.07, 6.45) is 1.85. The van der Waals surface area contributed by atoms with E-state index < -0.39 is 23.6 Å². The first-order valence-electron chi connectivity index (χ1n) is 7.30. The quantitative estimate of drug-likeness (QED) is 0.856. The molecule has 0 radical (unpaired) electrons. The van der Waals surface area contributed by atoms with Gasteiger partial charge in [0.1, 0.15) is 17.9 Å². The minimum absolute atomic E-state index is 0.0240. The number of halogens is 2. The van der Waals surface area contributed by atoms with Gasteiger partial charge in [0.25, 0.3) is 5.91 Å². The average molecular weight is 323 g/mol. The lowest BCUT2D eigenvalue weighted by Gasteiger charge is -2.09. The lowest BCUT2D eigenvalue weighted by molar-refractivity contribution is 0.0945. The van der Waals surface area contributed by atoms with E-state index in [0.29, 0.717) is 12.3 Å². The highest BCUT2D eigenvalue weighted by atomic mass is 19.1. The summed E-state index contributed by atoms with van der Waals surface area (Å²) in [7, 11) is 0. The number of aromatic nitrogens is 1. The van der Waals surface area contributed by atoms with Gasteiger partial charge in [0.15, 0.2) is 5.69 Å². The van der Waals surface area contributed by atoms with E-state index in [9.17, 15) is 13.6 Å². The third kappa shape index (κ3) is 4.35. The van der Waals surface area contributed by atoms with Gasteiger partial charge in [0.2, 0.25) is 5.89 Å². The van der Waals surface area contributed by atoms with Gasteiger partial charge in [-0.1, -0.05) is 19.9 Å². The van der Waals surface area contributed by atoms with Crippen molar-refractivity contribution in [2.45, 2.75) is 32.9 Å². The number of carbonyl (C=O) groups is 1. The monoisotopic (exact) mass is 323 g/mol. The maximum absolute atomic E-state index is 13.5. The molecule has 1 atom stereocenters. The largest absolute Gasteiger partial charge is 0.446 e. The van der Waals surface area contributed by atoms with Gasteiger partial charge >= 0.3 is 0 Å². The minimum atomic E-state index is -0.718. The van der Waals surface area contributed by atoms with Crippen LogP contribution in [0.2, 0.25) is 0 Å². The summed E-state index contributed by atoms with van der Waals surface area (Å²) >= 11 is 0. The van der Waals surface area contributed by atoms with Gasteiger partial charge < -0.3 is 15.5 Å². The second-order valence-electron chi connectivity index (χ2n) is 5.69. The molecule has 2 aromatic rings. The van der Waals surface area contributed by atoms with E-state index in [4.69, 9.17) is 10.2 Å². The first-order chi connectivity index (χ1) is 10.9. The molecule has 0 spiro atoms. The lowest BCUT2D eigenvalue weighted by atomic mass is 10.0. The zero-order chi connectivity index (χ0) is 17.0. The molecule has 23 heavy (non-hydrogen) atoms. The molecule has 1 aromatic heterocycles. The van der Waals surface area contributed by atoms with E-state index in [-0.39, 0.29) is 23.7 Å². The number of rotatable bonds is 6. The van der Waals surface area contributed by atoms with Crippen molar-refractivity contribution in [1.82, 2.24) is 10.3 Å². The predicted molar refractivity (Wildman–Crippen MR) is 80.4 cm³/mol. The lowest BCUT2D eigenvalue weighted by Crippen LogP contribution is -2.24. The fourth-order valence-corrected chi connectivity index (χ4v) is 2.13. The molecule has 0 fully saturated rings. The molecular formula is C16H19F2N3O2.